The van der Waals surface area contributed by atoms with Crippen LogP contribution in [-0.2, 0) is 4.79 Å². The molecule has 0 aliphatic carbocycles. The third kappa shape index (κ3) is 5.46. The Balaban J connectivity index is 1.65. The molecule has 1 N–H and O–H groups in total. The maximum atomic E-state index is 13.1. The van der Waals surface area contributed by atoms with E-state index in [1.54, 1.807) is 28.0 Å². The van der Waals surface area contributed by atoms with Crippen LogP contribution in [0.2, 0.25) is 5.02 Å². The van der Waals surface area contributed by atoms with Gasteiger partial charge in [0.25, 0.3) is 11.8 Å². The molecule has 1 fully saturated rings. The predicted octanol–water partition coefficient (Wildman–Crippen LogP) is 4.45. The molecule has 0 saturated carbocycles. The number of likely N-dealkylation sites (tertiary alicyclic amines) is 1. The Hall–Kier alpha value is -2.93. The monoisotopic (exact) mass is 459 g/mol. The molecule has 1 unspecified atom stereocenters. The van der Waals surface area contributed by atoms with Gasteiger partial charge in [-0.15, -0.1) is 0 Å². The Morgan fingerprint density at radius 3 is 2.44 bits per heavy atom. The summed E-state index contributed by atoms with van der Waals surface area (Å²) in [7, 11) is 0. The largest absolute Gasteiger partial charge is 0.339 e. The van der Waals surface area contributed by atoms with Crippen LogP contribution in [-0.4, -0.2) is 53.7 Å². The van der Waals surface area contributed by atoms with E-state index in [1.165, 1.54) is 24.3 Å². The highest BCUT2D eigenvalue weighted by molar-refractivity contribution is 6.34. The van der Waals surface area contributed by atoms with Crippen molar-refractivity contribution in [1.82, 2.24) is 9.80 Å². The Morgan fingerprint density at radius 1 is 1.12 bits per heavy atom. The van der Waals surface area contributed by atoms with Crippen LogP contribution in [0.4, 0.5) is 10.1 Å². The Bertz CT molecular complexity index is 992. The van der Waals surface area contributed by atoms with E-state index in [2.05, 4.69) is 5.32 Å². The van der Waals surface area contributed by atoms with Crippen molar-refractivity contribution in [3.05, 3.63) is 64.4 Å². The average molecular weight is 460 g/mol. The van der Waals surface area contributed by atoms with E-state index >= 15 is 0 Å². The third-order valence-electron chi connectivity index (χ3n) is 5.69. The molecule has 2 aromatic carbocycles. The first-order chi connectivity index (χ1) is 15.3. The van der Waals surface area contributed by atoms with E-state index in [-0.39, 0.29) is 35.2 Å². The van der Waals surface area contributed by atoms with Gasteiger partial charge in [0.05, 0.1) is 16.5 Å². The van der Waals surface area contributed by atoms with Crippen molar-refractivity contribution in [3.63, 3.8) is 0 Å². The van der Waals surface area contributed by atoms with Gasteiger partial charge in [0.15, 0.2) is 0 Å². The maximum Gasteiger partial charge on any atom is 0.255 e. The van der Waals surface area contributed by atoms with Gasteiger partial charge in [-0.3, -0.25) is 14.4 Å². The fraction of sp³-hybridized carbons (Fsp3) is 0.375. The molecule has 32 heavy (non-hydrogen) atoms. The minimum atomic E-state index is -0.402. The minimum absolute atomic E-state index is 0.153. The molecule has 0 spiro atoms. The van der Waals surface area contributed by atoms with Crippen molar-refractivity contribution in [2.75, 3.05) is 31.5 Å². The first-order valence-electron chi connectivity index (χ1n) is 10.8. The lowest BCUT2D eigenvalue weighted by molar-refractivity contribution is -0.121. The Kier molecular flexibility index (Phi) is 7.85. The zero-order valence-corrected chi connectivity index (χ0v) is 19.0. The van der Waals surface area contributed by atoms with Crippen molar-refractivity contribution in [3.8, 4) is 0 Å². The van der Waals surface area contributed by atoms with Crippen LogP contribution in [0.15, 0.2) is 42.5 Å². The highest BCUT2D eigenvalue weighted by atomic mass is 35.5. The summed E-state index contributed by atoms with van der Waals surface area (Å²) in [5.74, 6) is -1.35. The van der Waals surface area contributed by atoms with Crippen LogP contribution in [0.1, 0.15) is 47.4 Å². The molecular formula is C24H27ClFN3O3. The van der Waals surface area contributed by atoms with Gasteiger partial charge in [-0.05, 0) is 69.2 Å². The van der Waals surface area contributed by atoms with Gasteiger partial charge in [0.2, 0.25) is 5.91 Å². The third-order valence-corrected chi connectivity index (χ3v) is 6.00. The zero-order valence-electron chi connectivity index (χ0n) is 18.2. The van der Waals surface area contributed by atoms with Gasteiger partial charge >= 0.3 is 0 Å². The van der Waals surface area contributed by atoms with Gasteiger partial charge in [-0.1, -0.05) is 11.6 Å². The van der Waals surface area contributed by atoms with Crippen LogP contribution in [0, 0.1) is 11.7 Å². The minimum Gasteiger partial charge on any atom is -0.339 e. The summed E-state index contributed by atoms with van der Waals surface area (Å²) in [5, 5.41) is 3.12. The van der Waals surface area contributed by atoms with Crippen molar-refractivity contribution >= 4 is 35.0 Å². The molecular weight excluding hydrogens is 433 g/mol. The van der Waals surface area contributed by atoms with Crippen LogP contribution in [0.5, 0.6) is 0 Å². The lowest BCUT2D eigenvalue weighted by Crippen LogP contribution is -2.43. The quantitative estimate of drug-likeness (QED) is 0.693. The molecule has 8 heteroatoms. The first-order valence-corrected chi connectivity index (χ1v) is 11.2. The molecule has 1 atom stereocenters. The lowest BCUT2D eigenvalue weighted by atomic mass is 9.96. The summed E-state index contributed by atoms with van der Waals surface area (Å²) in [4.78, 5) is 41.4. The second-order valence-corrected chi connectivity index (χ2v) is 8.17. The lowest BCUT2D eigenvalue weighted by Gasteiger charge is -2.32. The maximum absolute atomic E-state index is 13.1. The number of hydrogen-bond donors (Lipinski definition) is 1. The number of anilines is 1. The number of carbonyl (C=O) groups excluding carboxylic acids is 3. The van der Waals surface area contributed by atoms with Crippen molar-refractivity contribution in [2.45, 2.75) is 26.7 Å². The summed E-state index contributed by atoms with van der Waals surface area (Å²) in [6.07, 6.45) is 1.36. The highest BCUT2D eigenvalue weighted by Gasteiger charge is 2.29. The Morgan fingerprint density at radius 2 is 1.81 bits per heavy atom. The topological polar surface area (TPSA) is 69.7 Å². The molecule has 0 bridgehead atoms. The molecule has 0 aromatic heterocycles. The number of nitrogens with one attached hydrogen (secondary N) is 1. The Labute approximate surface area is 192 Å². The van der Waals surface area contributed by atoms with E-state index in [0.717, 1.165) is 0 Å². The summed E-state index contributed by atoms with van der Waals surface area (Å²) in [6, 6.07) is 10.2. The first kappa shape index (κ1) is 23.7. The molecule has 1 aliphatic heterocycles. The second kappa shape index (κ2) is 10.6. The molecule has 3 rings (SSSR count). The SMILES string of the molecule is CCN(CC)C(=O)c1ccc(NC(=O)C2CCCN(C(=O)c3ccc(F)cc3)C2)cc1Cl. The number of rotatable bonds is 6. The number of amides is 3. The van der Waals surface area contributed by atoms with Gasteiger partial charge < -0.3 is 15.1 Å². The van der Waals surface area contributed by atoms with Gasteiger partial charge in [-0.25, -0.2) is 4.39 Å². The van der Waals surface area contributed by atoms with Crippen LogP contribution >= 0.6 is 11.6 Å². The van der Waals surface area contributed by atoms with Gasteiger partial charge in [0, 0.05) is 37.4 Å². The number of halogens is 2. The molecule has 6 nitrogen and oxygen atoms in total. The van der Waals surface area contributed by atoms with Gasteiger partial charge in [0.1, 0.15) is 5.82 Å². The summed E-state index contributed by atoms with van der Waals surface area (Å²) in [5.41, 5.74) is 1.29. The number of nitrogens with zero attached hydrogens (tertiary/aromatic N) is 2. The standard InChI is InChI=1S/C24H27ClFN3O3/c1-3-28(4-2)24(32)20-12-11-19(14-21(20)25)27-22(30)17-6-5-13-29(15-17)23(31)16-7-9-18(26)10-8-16/h7-12,14,17H,3-6,13,15H2,1-2H3,(H,27,30). The normalized spacial score (nSPS) is 15.9. The van der Waals surface area contributed by atoms with Crippen LogP contribution in [0.25, 0.3) is 0 Å². The smallest absolute Gasteiger partial charge is 0.255 e. The molecule has 1 saturated heterocycles. The summed E-state index contributed by atoms with van der Waals surface area (Å²) < 4.78 is 13.1. The summed E-state index contributed by atoms with van der Waals surface area (Å²) in [6.45, 7) is 5.80. The van der Waals surface area contributed by atoms with Crippen LogP contribution < -0.4 is 5.32 Å². The molecule has 0 radical (unpaired) electrons. The predicted molar refractivity (Wildman–Crippen MR) is 122 cm³/mol. The molecule has 2 aromatic rings. The molecule has 3 amide bonds. The van der Waals surface area contributed by atoms with Crippen molar-refractivity contribution in [1.29, 1.82) is 0 Å². The highest BCUT2D eigenvalue weighted by Crippen LogP contribution is 2.25. The van der Waals surface area contributed by atoms with E-state index in [0.29, 0.717) is 49.3 Å². The number of carbonyl (C=O) groups is 3. The summed E-state index contributed by atoms with van der Waals surface area (Å²) >= 11 is 6.32. The number of hydrogen-bond acceptors (Lipinski definition) is 3. The number of piperidine rings is 1. The average Bonchev–Trinajstić information content (AvgIpc) is 2.80. The number of benzene rings is 2. The van der Waals surface area contributed by atoms with Crippen LogP contribution in [0.3, 0.4) is 0 Å². The van der Waals surface area contributed by atoms with E-state index in [1.807, 2.05) is 13.8 Å². The van der Waals surface area contributed by atoms with Crippen molar-refractivity contribution < 1.29 is 18.8 Å². The molecule has 170 valence electrons. The fourth-order valence-corrected chi connectivity index (χ4v) is 4.10. The molecule has 1 aliphatic rings. The van der Waals surface area contributed by atoms with E-state index in [9.17, 15) is 18.8 Å². The van der Waals surface area contributed by atoms with Gasteiger partial charge in [-0.2, -0.15) is 0 Å². The zero-order chi connectivity index (χ0) is 23.3. The van der Waals surface area contributed by atoms with E-state index in [4.69, 9.17) is 11.6 Å². The van der Waals surface area contributed by atoms with Crippen molar-refractivity contribution in [2.24, 2.45) is 5.92 Å². The fourth-order valence-electron chi connectivity index (χ4n) is 3.84. The van der Waals surface area contributed by atoms with E-state index < -0.39 is 5.82 Å². The molecule has 1 heterocycles. The second-order valence-electron chi connectivity index (χ2n) is 7.76.